The van der Waals surface area contributed by atoms with E-state index in [2.05, 4.69) is 27.6 Å². The third-order valence-electron chi connectivity index (χ3n) is 6.67. The second-order valence-corrected chi connectivity index (χ2v) is 8.59. The van der Waals surface area contributed by atoms with Crippen LogP contribution >= 0.6 is 0 Å². The van der Waals surface area contributed by atoms with Gasteiger partial charge in [-0.25, -0.2) is 14.6 Å². The molecule has 3 aromatic rings. The van der Waals surface area contributed by atoms with E-state index in [1.807, 2.05) is 24.3 Å². The lowest BCUT2D eigenvalue weighted by Crippen LogP contribution is -2.41. The Morgan fingerprint density at radius 3 is 2.72 bits per heavy atom. The van der Waals surface area contributed by atoms with Gasteiger partial charge in [0.2, 0.25) is 0 Å². The van der Waals surface area contributed by atoms with E-state index in [1.54, 1.807) is 21.9 Å². The van der Waals surface area contributed by atoms with Crippen LogP contribution in [0.5, 0.6) is 0 Å². The molecular formula is C24H27N5O3. The molecule has 8 heteroatoms. The van der Waals surface area contributed by atoms with Crippen molar-refractivity contribution in [3.8, 4) is 0 Å². The minimum absolute atomic E-state index is 0.0260. The Morgan fingerprint density at radius 2 is 1.91 bits per heavy atom. The number of likely N-dealkylation sites (tertiary alicyclic amines) is 1. The summed E-state index contributed by atoms with van der Waals surface area (Å²) in [5.41, 5.74) is 3.22. The molecular weight excluding hydrogens is 406 g/mol. The van der Waals surface area contributed by atoms with Gasteiger partial charge in [-0.15, -0.1) is 6.58 Å². The maximum atomic E-state index is 13.0. The second kappa shape index (κ2) is 8.61. The van der Waals surface area contributed by atoms with Crippen LogP contribution in [0.2, 0.25) is 0 Å². The number of nitrogens with one attached hydrogen (secondary N) is 1. The Kier molecular flexibility index (Phi) is 5.51. The van der Waals surface area contributed by atoms with Crippen LogP contribution in [0, 0.1) is 5.92 Å². The summed E-state index contributed by atoms with van der Waals surface area (Å²) >= 11 is 0. The zero-order valence-electron chi connectivity index (χ0n) is 17.9. The Balaban J connectivity index is 1.27. The smallest absolute Gasteiger partial charge is 0.410 e. The molecule has 1 fully saturated rings. The van der Waals surface area contributed by atoms with Crippen molar-refractivity contribution in [2.24, 2.45) is 5.92 Å². The summed E-state index contributed by atoms with van der Waals surface area (Å²) in [6, 6.07) is 7.74. The number of fused-ring (bicyclic) bond motifs is 2. The van der Waals surface area contributed by atoms with E-state index in [-0.39, 0.29) is 23.9 Å². The molecule has 2 unspecified atom stereocenters. The van der Waals surface area contributed by atoms with Gasteiger partial charge in [-0.2, -0.15) is 0 Å². The lowest BCUT2D eigenvalue weighted by Gasteiger charge is -2.32. The zero-order valence-corrected chi connectivity index (χ0v) is 17.9. The summed E-state index contributed by atoms with van der Waals surface area (Å²) in [6.45, 7) is 5.03. The SMILES string of the molecule is C=CC1CCC(OC(=O)N2CCC(n3c(=O)[nH]c4ncccc43)CC2)c2ncccc2C1. The maximum Gasteiger partial charge on any atom is 0.410 e. The summed E-state index contributed by atoms with van der Waals surface area (Å²) in [4.78, 5) is 38.8. The number of pyridine rings is 2. The number of carbonyl (C=O) groups excluding carboxylic acids is 1. The van der Waals surface area contributed by atoms with Crippen molar-refractivity contribution in [2.45, 2.75) is 44.2 Å². The molecule has 166 valence electrons. The largest absolute Gasteiger partial charge is 0.440 e. The summed E-state index contributed by atoms with van der Waals surface area (Å²) in [6.07, 6.45) is 8.65. The third-order valence-corrected chi connectivity index (χ3v) is 6.67. The Hall–Kier alpha value is -3.42. The van der Waals surface area contributed by atoms with E-state index in [4.69, 9.17) is 4.74 Å². The topological polar surface area (TPSA) is 93.1 Å². The molecule has 0 aromatic carbocycles. The summed E-state index contributed by atoms with van der Waals surface area (Å²) in [7, 11) is 0. The zero-order chi connectivity index (χ0) is 22.1. The van der Waals surface area contributed by atoms with Crippen molar-refractivity contribution in [1.29, 1.82) is 0 Å². The Labute approximate surface area is 185 Å². The minimum atomic E-state index is -0.344. The maximum absolute atomic E-state index is 13.0. The quantitative estimate of drug-likeness (QED) is 0.501. The average molecular weight is 434 g/mol. The highest BCUT2D eigenvalue weighted by Gasteiger charge is 2.31. The van der Waals surface area contributed by atoms with Gasteiger partial charge in [-0.05, 0) is 61.8 Å². The van der Waals surface area contributed by atoms with Crippen molar-refractivity contribution in [3.63, 3.8) is 0 Å². The van der Waals surface area contributed by atoms with Crippen LogP contribution in [0.4, 0.5) is 4.79 Å². The van der Waals surface area contributed by atoms with E-state index < -0.39 is 0 Å². The molecule has 1 N–H and O–H groups in total. The summed E-state index contributed by atoms with van der Waals surface area (Å²) in [5.74, 6) is 0.362. The molecule has 1 aliphatic carbocycles. The number of ether oxygens (including phenoxy) is 1. The highest BCUT2D eigenvalue weighted by atomic mass is 16.6. The van der Waals surface area contributed by atoms with Gasteiger partial charge in [0.1, 0.15) is 6.10 Å². The molecule has 32 heavy (non-hydrogen) atoms. The van der Waals surface area contributed by atoms with E-state index in [0.29, 0.717) is 37.5 Å². The van der Waals surface area contributed by atoms with Gasteiger partial charge < -0.3 is 9.64 Å². The third kappa shape index (κ3) is 3.81. The first-order valence-electron chi connectivity index (χ1n) is 11.2. The minimum Gasteiger partial charge on any atom is -0.440 e. The number of imidazole rings is 1. The Bertz CT molecular complexity index is 1190. The number of allylic oxidation sites excluding steroid dienone is 1. The molecule has 1 aliphatic heterocycles. The van der Waals surface area contributed by atoms with E-state index >= 15 is 0 Å². The number of rotatable bonds is 3. The number of piperidine rings is 1. The molecule has 1 amide bonds. The predicted octanol–water partition coefficient (Wildman–Crippen LogP) is 3.77. The summed E-state index contributed by atoms with van der Waals surface area (Å²) in [5, 5.41) is 0. The number of amides is 1. The van der Waals surface area contributed by atoms with Crippen LogP contribution < -0.4 is 5.69 Å². The molecule has 2 aliphatic rings. The Morgan fingerprint density at radius 1 is 1.12 bits per heavy atom. The molecule has 0 saturated carbocycles. The highest BCUT2D eigenvalue weighted by Crippen LogP contribution is 2.34. The van der Waals surface area contributed by atoms with Crippen molar-refractivity contribution >= 4 is 17.3 Å². The van der Waals surface area contributed by atoms with E-state index in [9.17, 15) is 9.59 Å². The molecule has 0 radical (unpaired) electrons. The first-order valence-corrected chi connectivity index (χ1v) is 11.2. The van der Waals surface area contributed by atoms with Crippen LogP contribution in [0.3, 0.4) is 0 Å². The van der Waals surface area contributed by atoms with Crippen molar-refractivity contribution in [2.75, 3.05) is 13.1 Å². The molecule has 0 bridgehead atoms. The molecule has 2 atom stereocenters. The van der Waals surface area contributed by atoms with Crippen molar-refractivity contribution in [3.05, 3.63) is 71.1 Å². The van der Waals surface area contributed by atoms with E-state index in [1.165, 1.54) is 0 Å². The molecule has 4 heterocycles. The van der Waals surface area contributed by atoms with Crippen molar-refractivity contribution < 1.29 is 9.53 Å². The molecule has 8 nitrogen and oxygen atoms in total. The van der Waals surface area contributed by atoms with Crippen LogP contribution in [-0.2, 0) is 11.2 Å². The van der Waals surface area contributed by atoms with Gasteiger partial charge in [0.15, 0.2) is 5.65 Å². The van der Waals surface area contributed by atoms with Crippen molar-refractivity contribution in [1.82, 2.24) is 24.4 Å². The van der Waals surface area contributed by atoms with Crippen LogP contribution in [-0.4, -0.2) is 43.6 Å². The van der Waals surface area contributed by atoms with Gasteiger partial charge >= 0.3 is 11.8 Å². The number of H-pyrrole nitrogens is 1. The number of hydrogen-bond acceptors (Lipinski definition) is 5. The lowest BCUT2D eigenvalue weighted by atomic mass is 9.98. The van der Waals surface area contributed by atoms with Gasteiger partial charge in [-0.1, -0.05) is 12.1 Å². The average Bonchev–Trinajstić information content (AvgIpc) is 3.05. The molecule has 3 aromatic heterocycles. The standard InChI is InChI=1S/C24H27N5O3/c1-2-16-7-8-20(21-17(15-16)5-3-11-25-21)32-24(31)28-13-9-18(10-14-28)29-19-6-4-12-26-22(19)27-23(29)30/h2-6,11-12,16,18,20H,1,7-10,13-15H2,(H,26,27,30). The molecule has 5 rings (SSSR count). The number of hydrogen-bond donors (Lipinski definition) is 1. The monoisotopic (exact) mass is 433 g/mol. The lowest BCUT2D eigenvalue weighted by molar-refractivity contribution is 0.0470. The van der Waals surface area contributed by atoms with E-state index in [0.717, 1.165) is 36.0 Å². The van der Waals surface area contributed by atoms with Crippen LogP contribution in [0.1, 0.15) is 49.1 Å². The number of nitrogens with zero attached hydrogens (tertiary/aromatic N) is 4. The first-order chi connectivity index (χ1) is 15.6. The predicted molar refractivity (Wildman–Crippen MR) is 120 cm³/mol. The highest BCUT2D eigenvalue weighted by molar-refractivity contribution is 5.70. The van der Waals surface area contributed by atoms with Gasteiger partial charge in [0.05, 0.1) is 11.2 Å². The van der Waals surface area contributed by atoms with Crippen LogP contribution in [0.15, 0.2) is 54.1 Å². The van der Waals surface area contributed by atoms with Crippen LogP contribution in [0.25, 0.3) is 11.2 Å². The fourth-order valence-electron chi connectivity index (χ4n) is 4.94. The fourth-order valence-corrected chi connectivity index (χ4v) is 4.94. The number of carbonyl (C=O) groups is 1. The molecule has 1 saturated heterocycles. The molecule has 0 spiro atoms. The summed E-state index contributed by atoms with van der Waals surface area (Å²) < 4.78 is 7.73. The second-order valence-electron chi connectivity index (χ2n) is 8.59. The normalized spacial score (nSPS) is 21.7. The van der Waals surface area contributed by atoms with Gasteiger partial charge in [0.25, 0.3) is 0 Å². The first kappa shape index (κ1) is 20.5. The van der Waals surface area contributed by atoms with Gasteiger partial charge in [-0.3, -0.25) is 14.5 Å². The fraction of sp³-hybridized carbons (Fsp3) is 0.417. The number of aromatic nitrogens is 4. The number of aromatic amines is 1. The van der Waals surface area contributed by atoms with Gasteiger partial charge in [0, 0.05) is 31.5 Å².